The van der Waals surface area contributed by atoms with Crippen molar-refractivity contribution in [1.29, 1.82) is 0 Å². The number of rotatable bonds is 8. The number of carboxylic acid groups (broad SMARTS) is 1. The van der Waals surface area contributed by atoms with Crippen LogP contribution in [0.4, 0.5) is 0 Å². The SMILES string of the molecule is C=C(S/C(C#Cc1ccc(C)cc1)=C\C)S(=O)(=O)NC(C(=O)O)C(C)c1c[nH]c2c1CCC=C2. The number of hydrogen-bond acceptors (Lipinski definition) is 4. The van der Waals surface area contributed by atoms with Crippen molar-refractivity contribution >= 4 is 33.8 Å². The third-order valence-corrected chi connectivity index (χ3v) is 8.47. The quantitative estimate of drug-likeness (QED) is 0.451. The van der Waals surface area contributed by atoms with Crippen molar-refractivity contribution in [1.82, 2.24) is 9.71 Å². The lowest BCUT2D eigenvalue weighted by Gasteiger charge is -2.23. The summed E-state index contributed by atoms with van der Waals surface area (Å²) >= 11 is 0.894. The second kappa shape index (κ2) is 11.0. The molecule has 1 aliphatic rings. The van der Waals surface area contributed by atoms with Crippen LogP contribution in [0.15, 0.2) is 58.3 Å². The predicted octanol–water partition coefficient (Wildman–Crippen LogP) is 4.92. The Morgan fingerprint density at radius 1 is 1.32 bits per heavy atom. The van der Waals surface area contributed by atoms with Crippen molar-refractivity contribution < 1.29 is 18.3 Å². The van der Waals surface area contributed by atoms with Crippen LogP contribution < -0.4 is 4.72 Å². The number of aryl methyl sites for hydroxylation is 1. The Balaban J connectivity index is 1.75. The van der Waals surface area contributed by atoms with Gasteiger partial charge in [0, 0.05) is 23.4 Å². The summed E-state index contributed by atoms with van der Waals surface area (Å²) in [4.78, 5) is 15.7. The van der Waals surface area contributed by atoms with Gasteiger partial charge in [0.05, 0.1) is 4.91 Å². The van der Waals surface area contributed by atoms with E-state index in [0.717, 1.165) is 52.6 Å². The average Bonchev–Trinajstić information content (AvgIpc) is 3.24. The van der Waals surface area contributed by atoms with Gasteiger partial charge >= 0.3 is 5.97 Å². The van der Waals surface area contributed by atoms with Gasteiger partial charge in [-0.2, -0.15) is 4.72 Å². The first kappa shape index (κ1) is 25.6. The number of carbonyl (C=O) groups is 1. The molecule has 0 aliphatic heterocycles. The summed E-state index contributed by atoms with van der Waals surface area (Å²) in [6.45, 7) is 9.13. The van der Waals surface area contributed by atoms with E-state index < -0.39 is 28.0 Å². The number of sulfonamides is 1. The summed E-state index contributed by atoms with van der Waals surface area (Å²) in [6, 6.07) is 6.33. The van der Waals surface area contributed by atoms with E-state index in [1.807, 2.05) is 43.3 Å². The summed E-state index contributed by atoms with van der Waals surface area (Å²) in [6.07, 6.45) is 9.11. The Kier molecular flexibility index (Phi) is 8.26. The number of H-pyrrole nitrogens is 1. The molecule has 0 radical (unpaired) electrons. The second-order valence-corrected chi connectivity index (χ2v) is 11.2. The van der Waals surface area contributed by atoms with E-state index in [1.165, 1.54) is 0 Å². The molecule has 0 fully saturated rings. The molecule has 2 atom stereocenters. The van der Waals surface area contributed by atoms with Crippen molar-refractivity contribution in [2.45, 2.75) is 45.6 Å². The zero-order valence-corrected chi connectivity index (χ0v) is 21.0. The molecule has 0 amide bonds. The number of aliphatic carboxylic acids is 1. The van der Waals surface area contributed by atoms with Crippen LogP contribution in [0.5, 0.6) is 0 Å². The van der Waals surface area contributed by atoms with Crippen molar-refractivity contribution in [3.05, 3.63) is 86.3 Å². The zero-order chi connectivity index (χ0) is 24.9. The highest BCUT2D eigenvalue weighted by Gasteiger charge is 2.34. The number of benzene rings is 1. The predicted molar refractivity (Wildman–Crippen MR) is 139 cm³/mol. The van der Waals surface area contributed by atoms with Crippen molar-refractivity contribution in [2.24, 2.45) is 0 Å². The van der Waals surface area contributed by atoms with Gasteiger partial charge in [-0.05, 0) is 56.0 Å². The standard InChI is InChI=1S/C26H28N2O4S2/c1-5-21(15-14-20-12-10-17(2)11-13-20)33-19(4)34(31,32)28-25(26(29)30)18(3)23-16-27-24-9-7-6-8-22(23)24/h5,7,9-13,16,18,25,27-28H,4,6,8H2,1-3H3,(H,29,30)/b21-5-. The maximum Gasteiger partial charge on any atom is 0.322 e. The third-order valence-electron chi connectivity index (χ3n) is 5.61. The fourth-order valence-electron chi connectivity index (χ4n) is 3.63. The monoisotopic (exact) mass is 496 g/mol. The van der Waals surface area contributed by atoms with Crippen LogP contribution >= 0.6 is 11.8 Å². The molecule has 6 nitrogen and oxygen atoms in total. The van der Waals surface area contributed by atoms with Crippen LogP contribution in [0.2, 0.25) is 0 Å². The van der Waals surface area contributed by atoms with Gasteiger partial charge in [0.25, 0.3) is 0 Å². The van der Waals surface area contributed by atoms with Gasteiger partial charge in [-0.3, -0.25) is 4.79 Å². The number of aromatic nitrogens is 1. The molecule has 178 valence electrons. The van der Waals surface area contributed by atoms with Gasteiger partial charge in [0.1, 0.15) is 10.3 Å². The first-order chi connectivity index (χ1) is 16.1. The highest BCUT2D eigenvalue weighted by Crippen LogP contribution is 2.32. The maximum atomic E-state index is 13.0. The van der Waals surface area contributed by atoms with E-state index in [4.69, 9.17) is 0 Å². The first-order valence-corrected chi connectivity index (χ1v) is 13.2. The summed E-state index contributed by atoms with van der Waals surface area (Å²) in [5, 5.41) is 9.83. The fraction of sp³-hybridized carbons (Fsp3) is 0.269. The smallest absolute Gasteiger partial charge is 0.322 e. The number of allylic oxidation sites excluding steroid dienone is 3. The molecule has 1 aromatic heterocycles. The summed E-state index contributed by atoms with van der Waals surface area (Å²) in [5.74, 6) is 4.13. The Bertz CT molecular complexity index is 1310. The van der Waals surface area contributed by atoms with E-state index in [9.17, 15) is 18.3 Å². The lowest BCUT2D eigenvalue weighted by molar-refractivity contribution is -0.139. The number of thioether (sulfide) groups is 1. The number of aromatic amines is 1. The molecular weight excluding hydrogens is 468 g/mol. The molecule has 1 aromatic carbocycles. The van der Waals surface area contributed by atoms with E-state index in [1.54, 1.807) is 26.1 Å². The Morgan fingerprint density at radius 3 is 2.68 bits per heavy atom. The Hall–Kier alpha value is -2.99. The van der Waals surface area contributed by atoms with Gasteiger partial charge in [-0.25, -0.2) is 8.42 Å². The molecule has 34 heavy (non-hydrogen) atoms. The van der Waals surface area contributed by atoms with Crippen LogP contribution in [0.25, 0.3) is 6.08 Å². The van der Waals surface area contributed by atoms with Crippen LogP contribution in [0, 0.1) is 18.8 Å². The van der Waals surface area contributed by atoms with Crippen LogP contribution in [0.3, 0.4) is 0 Å². The minimum absolute atomic E-state index is 0.212. The lowest BCUT2D eigenvalue weighted by Crippen LogP contribution is -2.44. The van der Waals surface area contributed by atoms with Gasteiger partial charge in [-0.1, -0.05) is 67.0 Å². The van der Waals surface area contributed by atoms with Gasteiger partial charge in [0.2, 0.25) is 10.0 Å². The number of carboxylic acids is 1. The summed E-state index contributed by atoms with van der Waals surface area (Å²) in [7, 11) is -4.15. The molecule has 0 spiro atoms. The molecule has 3 N–H and O–H groups in total. The van der Waals surface area contributed by atoms with Crippen molar-refractivity contribution in [3.8, 4) is 11.8 Å². The topological polar surface area (TPSA) is 99.3 Å². The number of hydrogen-bond donors (Lipinski definition) is 3. The normalized spacial score (nSPS) is 15.1. The molecule has 8 heteroatoms. The zero-order valence-electron chi connectivity index (χ0n) is 19.4. The molecule has 3 rings (SSSR count). The summed E-state index contributed by atoms with van der Waals surface area (Å²) < 4.78 is 28.1. The average molecular weight is 497 g/mol. The first-order valence-electron chi connectivity index (χ1n) is 10.9. The maximum absolute atomic E-state index is 13.0. The highest BCUT2D eigenvalue weighted by molar-refractivity contribution is 8.20. The van der Waals surface area contributed by atoms with Crippen LogP contribution in [0.1, 0.15) is 54.1 Å². The molecule has 0 bridgehead atoms. The Labute approximate surface area is 205 Å². The van der Waals surface area contributed by atoms with E-state index >= 15 is 0 Å². The molecule has 0 saturated carbocycles. The minimum Gasteiger partial charge on any atom is -0.480 e. The van der Waals surface area contributed by atoms with Gasteiger partial charge in [-0.15, -0.1) is 0 Å². The molecule has 1 heterocycles. The number of nitrogens with one attached hydrogen (secondary N) is 2. The summed E-state index contributed by atoms with van der Waals surface area (Å²) in [5.41, 5.74) is 4.68. The third kappa shape index (κ3) is 6.11. The van der Waals surface area contributed by atoms with Crippen LogP contribution in [-0.4, -0.2) is 30.5 Å². The highest BCUT2D eigenvalue weighted by atomic mass is 32.3. The van der Waals surface area contributed by atoms with Crippen molar-refractivity contribution in [2.75, 3.05) is 0 Å². The van der Waals surface area contributed by atoms with Crippen molar-refractivity contribution in [3.63, 3.8) is 0 Å². The lowest BCUT2D eigenvalue weighted by atomic mass is 9.89. The minimum atomic E-state index is -4.15. The molecular formula is C26H28N2O4S2. The molecule has 0 saturated heterocycles. The second-order valence-electron chi connectivity index (χ2n) is 8.05. The Morgan fingerprint density at radius 2 is 2.03 bits per heavy atom. The van der Waals surface area contributed by atoms with E-state index in [2.05, 4.69) is 28.1 Å². The molecule has 1 aliphatic carbocycles. The van der Waals surface area contributed by atoms with Crippen LogP contribution in [-0.2, 0) is 21.2 Å². The van der Waals surface area contributed by atoms with Gasteiger partial charge in [0.15, 0.2) is 0 Å². The molecule has 2 aromatic rings. The van der Waals surface area contributed by atoms with E-state index in [-0.39, 0.29) is 4.24 Å². The number of fused-ring (bicyclic) bond motifs is 1. The fourth-order valence-corrected chi connectivity index (χ4v) is 5.72. The molecule has 2 unspecified atom stereocenters. The van der Waals surface area contributed by atoms with E-state index in [0.29, 0.717) is 4.91 Å². The largest absolute Gasteiger partial charge is 0.480 e. The van der Waals surface area contributed by atoms with Gasteiger partial charge < -0.3 is 10.1 Å².